The summed E-state index contributed by atoms with van der Waals surface area (Å²) in [5.74, 6) is -0.836. The Kier molecular flexibility index (Phi) is 8.70. The number of likely N-dealkylation sites (tertiary alicyclic amines) is 1. The van der Waals surface area contributed by atoms with Crippen LogP contribution in [0, 0.1) is 5.92 Å². The molecule has 0 saturated carbocycles. The molecule has 1 atom stereocenters. The highest BCUT2D eigenvalue weighted by Gasteiger charge is 2.32. The van der Waals surface area contributed by atoms with Crippen molar-refractivity contribution < 1.29 is 23.8 Å². The maximum absolute atomic E-state index is 13.6. The number of amides is 1. The van der Waals surface area contributed by atoms with Crippen LogP contribution in [0.4, 0.5) is 0 Å². The third kappa shape index (κ3) is 5.83. The summed E-state index contributed by atoms with van der Waals surface area (Å²) in [5.41, 5.74) is -1.32. The fourth-order valence-electron chi connectivity index (χ4n) is 4.47. The lowest BCUT2D eigenvalue weighted by Crippen LogP contribution is -2.49. The Morgan fingerprint density at radius 2 is 1.82 bits per heavy atom. The van der Waals surface area contributed by atoms with Gasteiger partial charge in [-0.3, -0.25) is 19.0 Å². The molecule has 1 aromatic heterocycles. The Morgan fingerprint density at radius 3 is 2.51 bits per heavy atom. The van der Waals surface area contributed by atoms with E-state index in [2.05, 4.69) is 5.10 Å². The molecule has 1 saturated heterocycles. The van der Waals surface area contributed by atoms with Crippen LogP contribution in [0.2, 0.25) is 5.02 Å². The molecule has 0 radical (unpaired) electrons. The second-order valence-corrected chi connectivity index (χ2v) is 9.31. The number of aromatic nitrogens is 3. The predicted octanol–water partition coefficient (Wildman–Crippen LogP) is 2.53. The molecule has 2 aromatic carbocycles. The SMILES string of the molecule is CCOC(=O)[C@H]1CCCN(C(=O)c2nn(-c3ccc(OC)c(OC)c3)c(=O)n(Cc3ccccc3Cl)c2=O)C1. The van der Waals surface area contributed by atoms with E-state index in [0.29, 0.717) is 41.5 Å². The van der Waals surface area contributed by atoms with Crippen LogP contribution in [0.3, 0.4) is 0 Å². The van der Waals surface area contributed by atoms with Crippen molar-refractivity contribution in [1.82, 2.24) is 19.2 Å². The molecule has 1 aliphatic rings. The standard InChI is InChI=1S/C27H29ClN4O7/c1-4-39-26(35)18-9-7-13-30(15-18)24(33)23-25(34)31(16-17-8-5-6-10-20(17)28)27(36)32(29-23)19-11-12-21(37-2)22(14-19)38-3/h5-6,8,10-12,14,18H,4,7,9,13,15-16H2,1-3H3/t18-/m0/s1. The second kappa shape index (κ2) is 12.2. The number of rotatable bonds is 8. The number of ether oxygens (including phenoxy) is 3. The van der Waals surface area contributed by atoms with E-state index in [0.717, 1.165) is 9.25 Å². The number of hydrogen-bond donors (Lipinski definition) is 0. The molecule has 39 heavy (non-hydrogen) atoms. The second-order valence-electron chi connectivity index (χ2n) is 8.91. The summed E-state index contributed by atoms with van der Waals surface area (Å²) in [6, 6.07) is 11.5. The molecule has 1 fully saturated rings. The van der Waals surface area contributed by atoms with Gasteiger partial charge >= 0.3 is 11.7 Å². The van der Waals surface area contributed by atoms with Crippen LogP contribution in [0.1, 0.15) is 35.8 Å². The van der Waals surface area contributed by atoms with Gasteiger partial charge < -0.3 is 19.1 Å². The van der Waals surface area contributed by atoms with Crippen LogP contribution in [-0.4, -0.2) is 65.0 Å². The molecule has 12 heteroatoms. The predicted molar refractivity (Wildman–Crippen MR) is 143 cm³/mol. The van der Waals surface area contributed by atoms with E-state index in [4.69, 9.17) is 25.8 Å². The minimum absolute atomic E-state index is 0.0821. The number of benzene rings is 2. The molecule has 0 aliphatic carbocycles. The lowest BCUT2D eigenvalue weighted by atomic mass is 9.98. The summed E-state index contributed by atoms with van der Waals surface area (Å²) < 4.78 is 17.7. The van der Waals surface area contributed by atoms with Gasteiger partial charge in [-0.1, -0.05) is 29.8 Å². The van der Waals surface area contributed by atoms with Crippen molar-refractivity contribution in [2.24, 2.45) is 5.92 Å². The summed E-state index contributed by atoms with van der Waals surface area (Å²) in [6.45, 7) is 2.17. The zero-order valence-corrected chi connectivity index (χ0v) is 22.6. The quantitative estimate of drug-likeness (QED) is 0.388. The number of piperidine rings is 1. The molecule has 206 valence electrons. The van der Waals surface area contributed by atoms with E-state index in [1.165, 1.54) is 25.2 Å². The maximum atomic E-state index is 13.6. The highest BCUT2D eigenvalue weighted by atomic mass is 35.5. The molecular weight excluding hydrogens is 528 g/mol. The van der Waals surface area contributed by atoms with Crippen molar-refractivity contribution in [1.29, 1.82) is 0 Å². The van der Waals surface area contributed by atoms with E-state index in [9.17, 15) is 19.2 Å². The van der Waals surface area contributed by atoms with Crippen LogP contribution in [-0.2, 0) is 16.1 Å². The van der Waals surface area contributed by atoms with Crippen LogP contribution < -0.4 is 20.7 Å². The molecule has 0 bridgehead atoms. The van der Waals surface area contributed by atoms with Gasteiger partial charge in [-0.05, 0) is 43.5 Å². The molecule has 1 amide bonds. The van der Waals surface area contributed by atoms with Gasteiger partial charge in [0.15, 0.2) is 11.5 Å². The average Bonchev–Trinajstić information content (AvgIpc) is 2.95. The van der Waals surface area contributed by atoms with Gasteiger partial charge in [-0.2, -0.15) is 9.78 Å². The molecule has 0 spiro atoms. The van der Waals surface area contributed by atoms with Gasteiger partial charge in [0, 0.05) is 24.2 Å². The average molecular weight is 557 g/mol. The largest absolute Gasteiger partial charge is 0.493 e. The lowest BCUT2D eigenvalue weighted by Gasteiger charge is -2.31. The van der Waals surface area contributed by atoms with Crippen molar-refractivity contribution >= 4 is 23.5 Å². The van der Waals surface area contributed by atoms with Crippen molar-refractivity contribution in [3.63, 3.8) is 0 Å². The van der Waals surface area contributed by atoms with E-state index < -0.39 is 34.7 Å². The van der Waals surface area contributed by atoms with Crippen molar-refractivity contribution in [3.05, 3.63) is 79.6 Å². The number of halogens is 1. The van der Waals surface area contributed by atoms with Crippen LogP contribution >= 0.6 is 11.6 Å². The zero-order valence-electron chi connectivity index (χ0n) is 21.9. The molecule has 0 N–H and O–H groups in total. The first kappa shape index (κ1) is 27.9. The number of nitrogens with zero attached hydrogens (tertiary/aromatic N) is 4. The Labute approximate surface area is 229 Å². The highest BCUT2D eigenvalue weighted by Crippen LogP contribution is 2.28. The molecular formula is C27H29ClN4O7. The smallest absolute Gasteiger partial charge is 0.352 e. The monoisotopic (exact) mass is 556 g/mol. The molecule has 11 nitrogen and oxygen atoms in total. The van der Waals surface area contributed by atoms with Gasteiger partial charge in [0.25, 0.3) is 11.5 Å². The molecule has 4 rings (SSSR count). The van der Waals surface area contributed by atoms with E-state index >= 15 is 0 Å². The van der Waals surface area contributed by atoms with E-state index in [1.54, 1.807) is 43.3 Å². The zero-order chi connectivity index (χ0) is 28.1. The van der Waals surface area contributed by atoms with Gasteiger partial charge in [0.05, 0.1) is 39.0 Å². The van der Waals surface area contributed by atoms with E-state index in [-0.39, 0.29) is 25.4 Å². The minimum atomic E-state index is -0.861. The van der Waals surface area contributed by atoms with Gasteiger partial charge in [-0.25, -0.2) is 4.79 Å². The van der Waals surface area contributed by atoms with Gasteiger partial charge in [0.1, 0.15) is 0 Å². The Hall–Kier alpha value is -4.12. The number of carbonyl (C=O) groups excluding carboxylic acids is 2. The first-order valence-electron chi connectivity index (χ1n) is 12.4. The minimum Gasteiger partial charge on any atom is -0.493 e. The van der Waals surface area contributed by atoms with Crippen LogP contribution in [0.15, 0.2) is 52.1 Å². The number of hydrogen-bond acceptors (Lipinski definition) is 8. The molecule has 1 aliphatic heterocycles. The van der Waals surface area contributed by atoms with Gasteiger partial charge in [0.2, 0.25) is 5.69 Å². The molecule has 0 unspecified atom stereocenters. The number of methoxy groups -OCH3 is 2. The summed E-state index contributed by atoms with van der Waals surface area (Å²) in [7, 11) is 2.92. The Morgan fingerprint density at radius 1 is 1.08 bits per heavy atom. The highest BCUT2D eigenvalue weighted by molar-refractivity contribution is 6.31. The fourth-order valence-corrected chi connectivity index (χ4v) is 4.67. The lowest BCUT2D eigenvalue weighted by molar-refractivity contribution is -0.149. The third-order valence-electron chi connectivity index (χ3n) is 6.49. The van der Waals surface area contributed by atoms with Crippen LogP contribution in [0.25, 0.3) is 5.69 Å². The van der Waals surface area contributed by atoms with Gasteiger partial charge in [-0.15, -0.1) is 0 Å². The normalized spacial score (nSPS) is 15.1. The number of esters is 1. The van der Waals surface area contributed by atoms with Crippen molar-refractivity contribution in [2.45, 2.75) is 26.3 Å². The maximum Gasteiger partial charge on any atom is 0.352 e. The summed E-state index contributed by atoms with van der Waals surface area (Å²) in [5, 5.41) is 4.57. The fraction of sp³-hybridized carbons (Fsp3) is 0.370. The molecule has 2 heterocycles. The Balaban J connectivity index is 1.84. The summed E-state index contributed by atoms with van der Waals surface area (Å²) >= 11 is 6.31. The number of carbonyl (C=O) groups is 2. The topological polar surface area (TPSA) is 122 Å². The first-order chi connectivity index (χ1) is 18.8. The third-order valence-corrected chi connectivity index (χ3v) is 6.86. The first-order valence-corrected chi connectivity index (χ1v) is 12.8. The van der Waals surface area contributed by atoms with E-state index in [1.807, 2.05) is 0 Å². The summed E-state index contributed by atoms with van der Waals surface area (Å²) in [6.07, 6.45) is 1.12. The summed E-state index contributed by atoms with van der Waals surface area (Å²) in [4.78, 5) is 54.5. The van der Waals surface area contributed by atoms with Crippen molar-refractivity contribution in [2.75, 3.05) is 33.9 Å². The molecule has 3 aromatic rings. The van der Waals surface area contributed by atoms with Crippen LogP contribution in [0.5, 0.6) is 11.5 Å². The van der Waals surface area contributed by atoms with Crippen molar-refractivity contribution in [3.8, 4) is 17.2 Å². The Bertz CT molecular complexity index is 1500.